The molecule has 2 amide bonds. The van der Waals surface area contributed by atoms with Gasteiger partial charge in [0, 0.05) is 12.2 Å². The van der Waals surface area contributed by atoms with E-state index >= 15 is 0 Å². The number of benzene rings is 2. The van der Waals surface area contributed by atoms with Crippen molar-refractivity contribution in [2.24, 2.45) is 5.92 Å². The van der Waals surface area contributed by atoms with Crippen LogP contribution in [0.25, 0.3) is 0 Å². The van der Waals surface area contributed by atoms with Gasteiger partial charge < -0.3 is 19.7 Å². The molecule has 1 N–H and O–H groups in total. The number of rotatable bonds is 7. The van der Waals surface area contributed by atoms with Crippen molar-refractivity contribution in [1.82, 2.24) is 5.32 Å². The predicted molar refractivity (Wildman–Crippen MR) is 122 cm³/mol. The molecule has 0 radical (unpaired) electrons. The molecule has 0 unspecified atom stereocenters. The largest absolute Gasteiger partial charge is 0.496 e. The van der Waals surface area contributed by atoms with Gasteiger partial charge in [-0.1, -0.05) is 44.2 Å². The van der Waals surface area contributed by atoms with Crippen LogP contribution in [0, 0.1) is 5.92 Å². The number of carbonyl (C=O) groups is 3. The molecule has 1 aliphatic heterocycles. The Balaban J connectivity index is 1.69. The quantitative estimate of drug-likeness (QED) is 0.670. The molecule has 3 rings (SSSR count). The number of amides is 2. The Kier molecular flexibility index (Phi) is 7.51. The normalized spacial score (nSPS) is 14.8. The van der Waals surface area contributed by atoms with Crippen LogP contribution >= 0.6 is 0 Å². The molecule has 0 spiro atoms. The summed E-state index contributed by atoms with van der Waals surface area (Å²) >= 11 is 0. The number of methoxy groups -OCH3 is 1. The molecule has 0 aliphatic carbocycles. The van der Waals surface area contributed by atoms with E-state index in [1.165, 1.54) is 7.11 Å². The lowest BCUT2D eigenvalue weighted by Gasteiger charge is -2.31. The first-order valence-corrected chi connectivity index (χ1v) is 10.9. The van der Waals surface area contributed by atoms with E-state index in [0.29, 0.717) is 17.9 Å². The lowest BCUT2D eigenvalue weighted by molar-refractivity contribution is -0.156. The Morgan fingerprint density at radius 1 is 1.00 bits per heavy atom. The van der Waals surface area contributed by atoms with Gasteiger partial charge in [-0.2, -0.15) is 0 Å². The second-order valence-electron chi connectivity index (χ2n) is 8.20. The van der Waals surface area contributed by atoms with E-state index in [1.807, 2.05) is 38.1 Å². The van der Waals surface area contributed by atoms with Crippen LogP contribution in [-0.2, 0) is 20.7 Å². The lowest BCUT2D eigenvalue weighted by Crippen LogP contribution is -2.49. The number of nitrogens with one attached hydrogen (secondary N) is 1. The fraction of sp³-hybridized carbons (Fsp3) is 0.400. The Labute approximate surface area is 188 Å². The van der Waals surface area contributed by atoms with Gasteiger partial charge in [-0.25, -0.2) is 4.79 Å². The van der Waals surface area contributed by atoms with Gasteiger partial charge in [0.15, 0.2) is 6.10 Å². The van der Waals surface area contributed by atoms with E-state index in [1.54, 1.807) is 36.1 Å². The topological polar surface area (TPSA) is 84.9 Å². The van der Waals surface area contributed by atoms with Crippen molar-refractivity contribution < 1.29 is 23.9 Å². The first-order chi connectivity index (χ1) is 15.3. The highest BCUT2D eigenvalue weighted by molar-refractivity contribution is 6.00. The van der Waals surface area contributed by atoms with Crippen LogP contribution in [0.2, 0.25) is 0 Å². The van der Waals surface area contributed by atoms with Gasteiger partial charge >= 0.3 is 5.97 Å². The standard InChI is InChI=1S/C25H30N2O5/c1-16(2)22(26-23(28)19-12-6-8-14-21(19)31-4)25(30)32-17(3)24(29)27-15-9-11-18-10-5-7-13-20(18)27/h5-8,10,12-14,16-17,22H,9,11,15H2,1-4H3,(H,26,28)/t17-,22+/m0/s1. The maximum absolute atomic E-state index is 13.1. The van der Waals surface area contributed by atoms with Gasteiger partial charge in [-0.15, -0.1) is 0 Å². The minimum absolute atomic E-state index is 0.237. The third-order valence-corrected chi connectivity index (χ3v) is 5.58. The van der Waals surface area contributed by atoms with Crippen LogP contribution in [0.15, 0.2) is 48.5 Å². The van der Waals surface area contributed by atoms with Crippen LogP contribution in [0.4, 0.5) is 5.69 Å². The van der Waals surface area contributed by atoms with Crippen LogP contribution < -0.4 is 15.0 Å². The number of hydrogen-bond acceptors (Lipinski definition) is 5. The molecular formula is C25H30N2O5. The molecule has 7 heteroatoms. The molecule has 0 saturated carbocycles. The molecule has 32 heavy (non-hydrogen) atoms. The van der Waals surface area contributed by atoms with Crippen molar-refractivity contribution in [3.05, 3.63) is 59.7 Å². The summed E-state index contributed by atoms with van der Waals surface area (Å²) in [5.41, 5.74) is 2.29. The van der Waals surface area contributed by atoms with Crippen molar-refractivity contribution >= 4 is 23.5 Å². The van der Waals surface area contributed by atoms with Crippen molar-refractivity contribution in [2.75, 3.05) is 18.6 Å². The van der Waals surface area contributed by atoms with Gasteiger partial charge in [-0.05, 0) is 49.4 Å². The number of fused-ring (bicyclic) bond motifs is 1. The average molecular weight is 439 g/mol. The van der Waals surface area contributed by atoms with Gasteiger partial charge in [-0.3, -0.25) is 9.59 Å². The molecule has 1 heterocycles. The van der Waals surface area contributed by atoms with Crippen LogP contribution in [-0.4, -0.2) is 43.6 Å². The molecule has 1 aliphatic rings. The number of hydrogen-bond donors (Lipinski definition) is 1. The van der Waals surface area contributed by atoms with Gasteiger partial charge in [0.2, 0.25) is 0 Å². The first kappa shape index (κ1) is 23.3. The summed E-state index contributed by atoms with van der Waals surface area (Å²) in [6, 6.07) is 13.6. The van der Waals surface area contributed by atoms with Crippen LogP contribution in [0.3, 0.4) is 0 Å². The number of para-hydroxylation sites is 2. The molecule has 7 nitrogen and oxygen atoms in total. The van der Waals surface area contributed by atoms with Gasteiger partial charge in [0.25, 0.3) is 11.8 Å². The summed E-state index contributed by atoms with van der Waals surface area (Å²) in [7, 11) is 1.48. The molecular weight excluding hydrogens is 408 g/mol. The summed E-state index contributed by atoms with van der Waals surface area (Å²) in [5.74, 6) is -1.19. The Bertz CT molecular complexity index is 988. The monoisotopic (exact) mass is 438 g/mol. The summed E-state index contributed by atoms with van der Waals surface area (Å²) < 4.78 is 10.8. The third kappa shape index (κ3) is 5.10. The summed E-state index contributed by atoms with van der Waals surface area (Å²) in [5, 5.41) is 2.73. The van der Waals surface area contributed by atoms with Crippen molar-refractivity contribution in [1.29, 1.82) is 0 Å². The Morgan fingerprint density at radius 2 is 1.69 bits per heavy atom. The molecule has 0 saturated heterocycles. The predicted octanol–water partition coefficient (Wildman–Crippen LogP) is 3.36. The zero-order chi connectivity index (χ0) is 23.3. The SMILES string of the molecule is COc1ccccc1C(=O)N[C@@H](C(=O)O[C@@H](C)C(=O)N1CCCc2ccccc21)C(C)C. The number of esters is 1. The molecule has 0 aromatic heterocycles. The number of anilines is 1. The van der Waals surface area contributed by atoms with Crippen molar-refractivity contribution in [3.63, 3.8) is 0 Å². The van der Waals surface area contributed by atoms with Crippen LogP contribution in [0.5, 0.6) is 5.75 Å². The zero-order valence-corrected chi connectivity index (χ0v) is 19.0. The van der Waals surface area contributed by atoms with Gasteiger partial charge in [0.1, 0.15) is 11.8 Å². The molecule has 2 aromatic carbocycles. The molecule has 170 valence electrons. The average Bonchev–Trinajstić information content (AvgIpc) is 2.81. The Hall–Kier alpha value is -3.35. The minimum Gasteiger partial charge on any atom is -0.496 e. The van der Waals surface area contributed by atoms with Crippen molar-refractivity contribution in [2.45, 2.75) is 45.8 Å². The molecule has 0 bridgehead atoms. The number of aryl methyl sites for hydroxylation is 1. The fourth-order valence-electron chi connectivity index (χ4n) is 3.83. The van der Waals surface area contributed by atoms with Gasteiger partial charge in [0.05, 0.1) is 12.7 Å². The van der Waals surface area contributed by atoms with E-state index in [2.05, 4.69) is 5.32 Å². The highest BCUT2D eigenvalue weighted by atomic mass is 16.5. The lowest BCUT2D eigenvalue weighted by atomic mass is 10.0. The number of nitrogens with zero attached hydrogens (tertiary/aromatic N) is 1. The van der Waals surface area contributed by atoms with E-state index in [9.17, 15) is 14.4 Å². The van der Waals surface area contributed by atoms with E-state index < -0.39 is 24.0 Å². The fourth-order valence-corrected chi connectivity index (χ4v) is 3.83. The number of ether oxygens (including phenoxy) is 2. The minimum atomic E-state index is -0.974. The number of carbonyl (C=O) groups excluding carboxylic acids is 3. The summed E-state index contributed by atoms with van der Waals surface area (Å²) in [6.45, 7) is 5.76. The summed E-state index contributed by atoms with van der Waals surface area (Å²) in [6.07, 6.45) is 0.795. The Morgan fingerprint density at radius 3 is 2.41 bits per heavy atom. The van der Waals surface area contributed by atoms with E-state index in [0.717, 1.165) is 24.1 Å². The molecule has 0 fully saturated rings. The zero-order valence-electron chi connectivity index (χ0n) is 19.0. The smallest absolute Gasteiger partial charge is 0.329 e. The van der Waals surface area contributed by atoms with Crippen LogP contribution in [0.1, 0.15) is 43.1 Å². The maximum Gasteiger partial charge on any atom is 0.329 e. The molecule has 2 atom stereocenters. The second-order valence-corrected chi connectivity index (χ2v) is 8.20. The third-order valence-electron chi connectivity index (χ3n) is 5.58. The van der Waals surface area contributed by atoms with E-state index in [-0.39, 0.29) is 11.8 Å². The van der Waals surface area contributed by atoms with E-state index in [4.69, 9.17) is 9.47 Å². The highest BCUT2D eigenvalue weighted by Gasteiger charge is 2.32. The van der Waals surface area contributed by atoms with Crippen molar-refractivity contribution in [3.8, 4) is 5.75 Å². The first-order valence-electron chi connectivity index (χ1n) is 10.9. The second kappa shape index (κ2) is 10.3. The highest BCUT2D eigenvalue weighted by Crippen LogP contribution is 2.27. The summed E-state index contributed by atoms with van der Waals surface area (Å²) in [4.78, 5) is 40.4. The molecule has 2 aromatic rings. The maximum atomic E-state index is 13.1.